The van der Waals surface area contributed by atoms with Crippen LogP contribution in [0, 0.1) is 5.92 Å². The fourth-order valence-electron chi connectivity index (χ4n) is 3.87. The van der Waals surface area contributed by atoms with Crippen molar-refractivity contribution in [2.45, 2.75) is 38.6 Å². The largest absolute Gasteiger partial charge is 0.504 e. The fraction of sp³-hybridized carbons (Fsp3) is 0.500. The Morgan fingerprint density at radius 2 is 2.04 bits per heavy atom. The lowest BCUT2D eigenvalue weighted by Gasteiger charge is -2.32. The molecule has 2 aliphatic rings. The SMILES string of the molecule is CC1CNCCC1Nc1c2c(nc3cc(O)c(O)cc13)CCC2. The molecule has 122 valence electrons. The number of nitrogens with one attached hydrogen (secondary N) is 2. The predicted molar refractivity (Wildman–Crippen MR) is 91.2 cm³/mol. The van der Waals surface area contributed by atoms with E-state index < -0.39 is 0 Å². The summed E-state index contributed by atoms with van der Waals surface area (Å²) >= 11 is 0. The summed E-state index contributed by atoms with van der Waals surface area (Å²) in [7, 11) is 0. The molecule has 1 aromatic heterocycles. The highest BCUT2D eigenvalue weighted by atomic mass is 16.3. The molecule has 2 atom stereocenters. The molecule has 0 radical (unpaired) electrons. The quantitative estimate of drug-likeness (QED) is 0.641. The first-order valence-corrected chi connectivity index (χ1v) is 8.48. The Balaban J connectivity index is 1.84. The minimum absolute atomic E-state index is 0.0846. The number of hydrogen-bond donors (Lipinski definition) is 4. The number of hydrogen-bond acceptors (Lipinski definition) is 5. The van der Waals surface area contributed by atoms with Gasteiger partial charge in [-0.3, -0.25) is 4.98 Å². The van der Waals surface area contributed by atoms with Crippen LogP contribution in [-0.4, -0.2) is 34.3 Å². The average molecular weight is 313 g/mol. The standard InChI is InChI=1S/C18H23N3O2/c1-10-9-19-6-5-13(10)21-18-11-3-2-4-14(11)20-15-8-17(23)16(22)7-12(15)18/h7-8,10,13,19,22-23H,2-6,9H2,1H3,(H,20,21). The summed E-state index contributed by atoms with van der Waals surface area (Å²) in [5.74, 6) is 0.359. The summed E-state index contributed by atoms with van der Waals surface area (Å²) in [4.78, 5) is 4.71. The van der Waals surface area contributed by atoms with Crippen molar-refractivity contribution < 1.29 is 10.2 Å². The molecule has 2 heterocycles. The summed E-state index contributed by atoms with van der Waals surface area (Å²) in [6, 6.07) is 3.63. The minimum Gasteiger partial charge on any atom is -0.504 e. The normalized spacial score (nSPS) is 23.9. The molecule has 5 nitrogen and oxygen atoms in total. The number of pyridine rings is 1. The molecular formula is C18H23N3O2. The van der Waals surface area contributed by atoms with Gasteiger partial charge in [-0.2, -0.15) is 0 Å². The molecular weight excluding hydrogens is 290 g/mol. The highest BCUT2D eigenvalue weighted by Gasteiger charge is 2.26. The van der Waals surface area contributed by atoms with Gasteiger partial charge >= 0.3 is 0 Å². The van der Waals surface area contributed by atoms with Crippen LogP contribution in [0.3, 0.4) is 0 Å². The van der Waals surface area contributed by atoms with E-state index in [9.17, 15) is 10.2 Å². The van der Waals surface area contributed by atoms with E-state index in [2.05, 4.69) is 17.6 Å². The summed E-state index contributed by atoms with van der Waals surface area (Å²) < 4.78 is 0. The lowest BCUT2D eigenvalue weighted by Crippen LogP contribution is -2.42. The van der Waals surface area contributed by atoms with Gasteiger partial charge in [0.15, 0.2) is 11.5 Å². The Hall–Kier alpha value is -2.01. The molecule has 23 heavy (non-hydrogen) atoms. The number of nitrogens with zero attached hydrogens (tertiary/aromatic N) is 1. The van der Waals surface area contributed by atoms with Gasteiger partial charge in [-0.25, -0.2) is 0 Å². The summed E-state index contributed by atoms with van der Waals surface area (Å²) in [6.45, 7) is 4.31. The van der Waals surface area contributed by atoms with Crippen LogP contribution in [0.1, 0.15) is 31.0 Å². The Kier molecular flexibility index (Phi) is 3.53. The number of benzene rings is 1. The smallest absolute Gasteiger partial charge is 0.159 e. The van der Waals surface area contributed by atoms with E-state index in [1.807, 2.05) is 0 Å². The highest BCUT2D eigenvalue weighted by Crippen LogP contribution is 2.39. The van der Waals surface area contributed by atoms with Gasteiger partial charge in [0, 0.05) is 28.9 Å². The van der Waals surface area contributed by atoms with Crippen LogP contribution in [0.15, 0.2) is 12.1 Å². The highest BCUT2D eigenvalue weighted by molar-refractivity contribution is 5.96. The zero-order valence-corrected chi connectivity index (χ0v) is 13.4. The molecule has 0 bridgehead atoms. The Morgan fingerprint density at radius 1 is 1.22 bits per heavy atom. The minimum atomic E-state index is -0.107. The first kappa shape index (κ1) is 14.6. The zero-order chi connectivity index (χ0) is 16.0. The molecule has 5 heteroatoms. The second-order valence-corrected chi connectivity index (χ2v) is 6.84. The van der Waals surface area contributed by atoms with Crippen LogP contribution in [0.2, 0.25) is 0 Å². The monoisotopic (exact) mass is 313 g/mol. The van der Waals surface area contributed by atoms with Crippen LogP contribution in [-0.2, 0) is 12.8 Å². The van der Waals surface area contributed by atoms with E-state index in [1.165, 1.54) is 5.56 Å². The van der Waals surface area contributed by atoms with Crippen molar-refractivity contribution in [2.75, 3.05) is 18.4 Å². The van der Waals surface area contributed by atoms with E-state index in [4.69, 9.17) is 4.98 Å². The van der Waals surface area contributed by atoms with Gasteiger partial charge < -0.3 is 20.8 Å². The molecule has 2 aromatic rings. The number of aryl methyl sites for hydroxylation is 1. The molecule has 1 saturated heterocycles. The van der Waals surface area contributed by atoms with Gasteiger partial charge in [-0.1, -0.05) is 6.92 Å². The second kappa shape index (κ2) is 5.57. The third-order valence-corrected chi connectivity index (χ3v) is 5.22. The molecule has 1 fully saturated rings. The summed E-state index contributed by atoms with van der Waals surface area (Å²) in [6.07, 6.45) is 4.22. The Bertz CT molecular complexity index is 760. The molecule has 1 aliphatic heterocycles. The number of aromatic nitrogens is 1. The van der Waals surface area contributed by atoms with Crippen molar-refractivity contribution in [3.8, 4) is 11.5 Å². The van der Waals surface area contributed by atoms with Crippen molar-refractivity contribution in [1.82, 2.24) is 10.3 Å². The maximum atomic E-state index is 9.93. The number of aromatic hydroxyl groups is 2. The van der Waals surface area contributed by atoms with Crippen LogP contribution in [0.4, 0.5) is 5.69 Å². The molecule has 4 N–H and O–H groups in total. The van der Waals surface area contributed by atoms with E-state index in [0.717, 1.165) is 61.1 Å². The first-order valence-electron chi connectivity index (χ1n) is 8.48. The van der Waals surface area contributed by atoms with E-state index in [-0.39, 0.29) is 11.5 Å². The molecule has 0 spiro atoms. The van der Waals surface area contributed by atoms with E-state index in [1.54, 1.807) is 12.1 Å². The molecule has 1 aliphatic carbocycles. The summed E-state index contributed by atoms with van der Waals surface area (Å²) in [5.41, 5.74) is 4.28. The van der Waals surface area contributed by atoms with Gasteiger partial charge in [0.1, 0.15) is 0 Å². The number of piperidine rings is 1. The van der Waals surface area contributed by atoms with Gasteiger partial charge in [-0.05, 0) is 56.3 Å². The zero-order valence-electron chi connectivity index (χ0n) is 13.4. The molecule has 1 aromatic carbocycles. The Morgan fingerprint density at radius 3 is 2.87 bits per heavy atom. The van der Waals surface area contributed by atoms with E-state index >= 15 is 0 Å². The second-order valence-electron chi connectivity index (χ2n) is 6.84. The van der Waals surface area contributed by atoms with Crippen molar-refractivity contribution in [1.29, 1.82) is 0 Å². The topological polar surface area (TPSA) is 77.4 Å². The third kappa shape index (κ3) is 2.49. The van der Waals surface area contributed by atoms with Gasteiger partial charge in [-0.15, -0.1) is 0 Å². The number of phenols is 2. The molecule has 0 amide bonds. The van der Waals surface area contributed by atoms with Crippen molar-refractivity contribution in [3.63, 3.8) is 0 Å². The lowest BCUT2D eigenvalue weighted by atomic mass is 9.94. The Labute approximate surface area is 135 Å². The lowest BCUT2D eigenvalue weighted by molar-refractivity contribution is 0.368. The van der Waals surface area contributed by atoms with Crippen LogP contribution in [0.25, 0.3) is 10.9 Å². The summed E-state index contributed by atoms with van der Waals surface area (Å²) in [5, 5.41) is 27.8. The number of anilines is 1. The number of phenolic OH excluding ortho intramolecular Hbond substituents is 2. The van der Waals surface area contributed by atoms with E-state index in [0.29, 0.717) is 12.0 Å². The van der Waals surface area contributed by atoms with Gasteiger partial charge in [0.05, 0.1) is 5.52 Å². The van der Waals surface area contributed by atoms with Crippen LogP contribution < -0.4 is 10.6 Å². The van der Waals surface area contributed by atoms with Crippen molar-refractivity contribution in [3.05, 3.63) is 23.4 Å². The maximum Gasteiger partial charge on any atom is 0.159 e. The fourth-order valence-corrected chi connectivity index (χ4v) is 3.87. The van der Waals surface area contributed by atoms with Crippen molar-refractivity contribution in [2.24, 2.45) is 5.92 Å². The van der Waals surface area contributed by atoms with Crippen LogP contribution in [0.5, 0.6) is 11.5 Å². The first-order chi connectivity index (χ1) is 11.1. The van der Waals surface area contributed by atoms with Crippen molar-refractivity contribution >= 4 is 16.6 Å². The number of rotatable bonds is 2. The van der Waals surface area contributed by atoms with Gasteiger partial charge in [0.25, 0.3) is 0 Å². The predicted octanol–water partition coefficient (Wildman–Crippen LogP) is 2.54. The number of fused-ring (bicyclic) bond motifs is 2. The average Bonchev–Trinajstić information content (AvgIpc) is 2.99. The molecule has 0 saturated carbocycles. The maximum absolute atomic E-state index is 9.93. The molecule has 2 unspecified atom stereocenters. The van der Waals surface area contributed by atoms with Crippen LogP contribution >= 0.6 is 0 Å². The van der Waals surface area contributed by atoms with Gasteiger partial charge in [0.2, 0.25) is 0 Å². The molecule has 4 rings (SSSR count). The third-order valence-electron chi connectivity index (χ3n) is 5.22.